The molecule has 166 valence electrons. The number of fused-ring (bicyclic) bond motifs is 1. The van der Waals surface area contributed by atoms with Crippen LogP contribution in [0.5, 0.6) is 0 Å². The first-order chi connectivity index (χ1) is 15.3. The third-order valence-electron chi connectivity index (χ3n) is 5.52. The Morgan fingerprint density at radius 1 is 1.03 bits per heavy atom. The Bertz CT molecular complexity index is 1100. The van der Waals surface area contributed by atoms with Gasteiger partial charge < -0.3 is 20.9 Å². The van der Waals surface area contributed by atoms with Crippen LogP contribution in [0.3, 0.4) is 0 Å². The minimum Gasteiger partial charge on any atom is -0.345 e. The number of halogens is 1. The average molecular weight is 499 g/mol. The maximum Gasteiger partial charge on any atom is 0.255 e. The summed E-state index contributed by atoms with van der Waals surface area (Å²) in [6.07, 6.45) is 1.74. The first-order valence-corrected chi connectivity index (χ1v) is 11.2. The normalized spacial score (nSPS) is 17.0. The van der Waals surface area contributed by atoms with Crippen molar-refractivity contribution in [2.24, 2.45) is 0 Å². The van der Waals surface area contributed by atoms with Crippen LogP contribution in [0.4, 0.5) is 5.69 Å². The van der Waals surface area contributed by atoms with E-state index < -0.39 is 17.9 Å². The number of anilines is 1. The molecular weight excluding hydrogens is 476 g/mol. The maximum absolute atomic E-state index is 12.9. The van der Waals surface area contributed by atoms with Crippen molar-refractivity contribution in [1.29, 1.82) is 0 Å². The van der Waals surface area contributed by atoms with Crippen LogP contribution in [-0.2, 0) is 14.4 Å². The zero-order valence-electron chi connectivity index (χ0n) is 17.5. The summed E-state index contributed by atoms with van der Waals surface area (Å²) < 4.78 is 0.906. The van der Waals surface area contributed by atoms with Gasteiger partial charge in [-0.15, -0.1) is 0 Å². The molecule has 1 atom stereocenters. The molecule has 0 spiro atoms. The fourth-order valence-electron chi connectivity index (χ4n) is 3.80. The summed E-state index contributed by atoms with van der Waals surface area (Å²) in [5, 5.41) is 7.84. The standard InChI is InChI=1S/C23H23BrN4O4/c1-13-10-14(24)6-9-18(13)27-20(30)12-25-19(29)11-26-22(31)21-16-4-2-3-5-17(16)23(32)28(21)15-7-8-15/h2-6,9-10,15,21H,7-8,11-12H2,1H3,(H,25,29)(H,26,31)(H,27,30). The summed E-state index contributed by atoms with van der Waals surface area (Å²) in [5.41, 5.74) is 2.74. The molecular formula is C23H23BrN4O4. The van der Waals surface area contributed by atoms with Crippen LogP contribution in [0, 0.1) is 6.92 Å². The summed E-state index contributed by atoms with van der Waals surface area (Å²) in [6.45, 7) is 1.36. The molecule has 32 heavy (non-hydrogen) atoms. The Kier molecular flexibility index (Phi) is 6.27. The second-order valence-electron chi connectivity index (χ2n) is 7.94. The molecule has 1 aliphatic heterocycles. The number of benzene rings is 2. The largest absolute Gasteiger partial charge is 0.345 e. The lowest BCUT2D eigenvalue weighted by Crippen LogP contribution is -2.45. The lowest BCUT2D eigenvalue weighted by atomic mass is 10.0. The van der Waals surface area contributed by atoms with E-state index in [1.807, 2.05) is 19.1 Å². The van der Waals surface area contributed by atoms with Gasteiger partial charge in [-0.25, -0.2) is 0 Å². The minimum absolute atomic E-state index is 0.0604. The Morgan fingerprint density at radius 3 is 2.47 bits per heavy atom. The molecule has 8 nitrogen and oxygen atoms in total. The average Bonchev–Trinajstić information content (AvgIpc) is 3.56. The summed E-state index contributed by atoms with van der Waals surface area (Å²) in [5.74, 6) is -1.41. The molecule has 0 bridgehead atoms. The number of rotatable bonds is 7. The molecule has 2 aromatic carbocycles. The number of carbonyl (C=O) groups excluding carboxylic acids is 4. The van der Waals surface area contributed by atoms with Crippen molar-refractivity contribution in [3.05, 3.63) is 63.6 Å². The van der Waals surface area contributed by atoms with Crippen LogP contribution in [0.15, 0.2) is 46.9 Å². The third-order valence-corrected chi connectivity index (χ3v) is 6.01. The molecule has 2 aliphatic rings. The van der Waals surface area contributed by atoms with Crippen LogP contribution in [-0.4, -0.2) is 47.7 Å². The Balaban J connectivity index is 1.29. The fraction of sp³-hybridized carbons (Fsp3) is 0.304. The van der Waals surface area contributed by atoms with Gasteiger partial charge in [-0.3, -0.25) is 19.2 Å². The number of carbonyl (C=O) groups is 4. The minimum atomic E-state index is -0.734. The Labute approximate surface area is 193 Å². The van der Waals surface area contributed by atoms with E-state index in [-0.39, 0.29) is 30.9 Å². The molecule has 0 saturated heterocycles. The second-order valence-corrected chi connectivity index (χ2v) is 8.85. The Morgan fingerprint density at radius 2 is 1.75 bits per heavy atom. The molecule has 0 aromatic heterocycles. The second kappa shape index (κ2) is 9.12. The van der Waals surface area contributed by atoms with Crippen LogP contribution in [0.2, 0.25) is 0 Å². The van der Waals surface area contributed by atoms with Gasteiger partial charge in [0.1, 0.15) is 6.04 Å². The monoisotopic (exact) mass is 498 g/mol. The topological polar surface area (TPSA) is 108 Å². The van der Waals surface area contributed by atoms with Gasteiger partial charge in [0.05, 0.1) is 13.1 Å². The van der Waals surface area contributed by atoms with Crippen LogP contribution < -0.4 is 16.0 Å². The molecule has 1 unspecified atom stereocenters. The van der Waals surface area contributed by atoms with E-state index in [2.05, 4.69) is 31.9 Å². The number of hydrogen-bond acceptors (Lipinski definition) is 4. The van der Waals surface area contributed by atoms with E-state index in [1.165, 1.54) is 0 Å². The highest BCUT2D eigenvalue weighted by molar-refractivity contribution is 9.10. The SMILES string of the molecule is Cc1cc(Br)ccc1NC(=O)CNC(=O)CNC(=O)C1c2ccccc2C(=O)N1C1CC1. The molecule has 4 amide bonds. The van der Waals surface area contributed by atoms with Crippen molar-refractivity contribution in [1.82, 2.24) is 15.5 Å². The molecule has 1 aliphatic carbocycles. The van der Waals surface area contributed by atoms with Crippen LogP contribution >= 0.6 is 15.9 Å². The first kappa shape index (κ1) is 22.0. The molecule has 2 aromatic rings. The lowest BCUT2D eigenvalue weighted by molar-refractivity contribution is -0.129. The molecule has 9 heteroatoms. The van der Waals surface area contributed by atoms with Gasteiger partial charge in [0.15, 0.2) is 0 Å². The van der Waals surface area contributed by atoms with E-state index >= 15 is 0 Å². The van der Waals surface area contributed by atoms with Crippen molar-refractivity contribution >= 4 is 45.2 Å². The van der Waals surface area contributed by atoms with Gasteiger partial charge in [0.25, 0.3) is 5.91 Å². The van der Waals surface area contributed by atoms with Crippen molar-refractivity contribution in [2.45, 2.75) is 31.8 Å². The lowest BCUT2D eigenvalue weighted by Gasteiger charge is -2.24. The van der Waals surface area contributed by atoms with Gasteiger partial charge in [0.2, 0.25) is 17.7 Å². The van der Waals surface area contributed by atoms with E-state index in [4.69, 9.17) is 0 Å². The van der Waals surface area contributed by atoms with E-state index in [9.17, 15) is 19.2 Å². The van der Waals surface area contributed by atoms with E-state index in [0.29, 0.717) is 16.8 Å². The van der Waals surface area contributed by atoms with Gasteiger partial charge in [-0.2, -0.15) is 0 Å². The van der Waals surface area contributed by atoms with Crippen molar-refractivity contribution in [2.75, 3.05) is 18.4 Å². The summed E-state index contributed by atoms with van der Waals surface area (Å²) in [7, 11) is 0. The van der Waals surface area contributed by atoms with Gasteiger partial charge in [0, 0.05) is 21.8 Å². The van der Waals surface area contributed by atoms with Crippen LogP contribution in [0.1, 0.15) is 40.4 Å². The van der Waals surface area contributed by atoms with Gasteiger partial charge >= 0.3 is 0 Å². The number of nitrogens with zero attached hydrogens (tertiary/aromatic N) is 1. The fourth-order valence-corrected chi connectivity index (χ4v) is 4.28. The van der Waals surface area contributed by atoms with E-state index in [0.717, 1.165) is 22.9 Å². The maximum atomic E-state index is 12.9. The highest BCUT2D eigenvalue weighted by Gasteiger charge is 2.47. The number of nitrogens with one attached hydrogen (secondary N) is 3. The first-order valence-electron chi connectivity index (χ1n) is 10.4. The molecule has 3 N–H and O–H groups in total. The van der Waals surface area contributed by atoms with Crippen LogP contribution in [0.25, 0.3) is 0 Å². The molecule has 1 fully saturated rings. The smallest absolute Gasteiger partial charge is 0.255 e. The quantitative estimate of drug-likeness (QED) is 0.544. The Hall–Kier alpha value is -3.20. The highest BCUT2D eigenvalue weighted by Crippen LogP contribution is 2.41. The van der Waals surface area contributed by atoms with Gasteiger partial charge in [-0.05, 0) is 55.2 Å². The summed E-state index contributed by atoms with van der Waals surface area (Å²) in [4.78, 5) is 51.5. The van der Waals surface area contributed by atoms with Crippen molar-refractivity contribution < 1.29 is 19.2 Å². The summed E-state index contributed by atoms with van der Waals surface area (Å²) in [6, 6.07) is 11.8. The van der Waals surface area contributed by atoms with Crippen molar-refractivity contribution in [3.63, 3.8) is 0 Å². The molecule has 0 radical (unpaired) electrons. The highest BCUT2D eigenvalue weighted by atomic mass is 79.9. The number of aryl methyl sites for hydroxylation is 1. The molecule has 1 heterocycles. The number of amides is 4. The predicted molar refractivity (Wildman–Crippen MR) is 122 cm³/mol. The van der Waals surface area contributed by atoms with Crippen molar-refractivity contribution in [3.8, 4) is 0 Å². The summed E-state index contributed by atoms with van der Waals surface area (Å²) >= 11 is 3.37. The third kappa shape index (κ3) is 4.67. The van der Waals surface area contributed by atoms with E-state index in [1.54, 1.807) is 35.2 Å². The predicted octanol–water partition coefficient (Wildman–Crippen LogP) is 2.29. The van der Waals surface area contributed by atoms with Gasteiger partial charge in [-0.1, -0.05) is 34.1 Å². The number of hydrogen-bond donors (Lipinski definition) is 3. The zero-order valence-corrected chi connectivity index (χ0v) is 19.1. The molecule has 1 saturated carbocycles. The molecule has 4 rings (SSSR count). The zero-order chi connectivity index (χ0) is 22.8.